The molecule has 1 unspecified atom stereocenters. The number of hydrogen-bond donors (Lipinski definition) is 1. The average Bonchev–Trinajstić information content (AvgIpc) is 3.30. The van der Waals surface area contributed by atoms with Crippen LogP contribution in [0.3, 0.4) is 0 Å². The van der Waals surface area contributed by atoms with Gasteiger partial charge in [-0.3, -0.25) is 4.79 Å². The fourth-order valence-corrected chi connectivity index (χ4v) is 4.71. The monoisotopic (exact) mass is 480 g/mol. The zero-order valence-electron chi connectivity index (χ0n) is 16.2. The van der Waals surface area contributed by atoms with Crippen LogP contribution in [0, 0.1) is 0 Å². The minimum Gasteiger partial charge on any atom is -0.496 e. The number of H-pyrrole nitrogens is 1. The van der Waals surface area contributed by atoms with Gasteiger partial charge in [0.05, 0.1) is 7.11 Å². The van der Waals surface area contributed by atoms with Gasteiger partial charge in [0.2, 0.25) is 0 Å². The van der Waals surface area contributed by atoms with Crippen LogP contribution in [0.2, 0.25) is 5.02 Å². The number of carbonyl (C=O) groups excluding carboxylic acids is 1. The van der Waals surface area contributed by atoms with Crippen molar-refractivity contribution in [1.82, 2.24) is 9.88 Å². The van der Waals surface area contributed by atoms with Gasteiger partial charge in [0.1, 0.15) is 11.8 Å². The largest absolute Gasteiger partial charge is 0.496 e. The maximum Gasteiger partial charge on any atom is 0.255 e. The molecule has 30 heavy (non-hydrogen) atoms. The molecular weight excluding hydrogens is 464 g/mol. The van der Waals surface area contributed by atoms with Gasteiger partial charge in [-0.05, 0) is 53.4 Å². The fourth-order valence-electron chi connectivity index (χ4n) is 4.17. The summed E-state index contributed by atoms with van der Waals surface area (Å²) in [6, 6.07) is 21.2. The van der Waals surface area contributed by atoms with Crippen molar-refractivity contribution in [3.8, 4) is 5.75 Å². The molecule has 150 valence electrons. The zero-order chi connectivity index (χ0) is 20.8. The van der Waals surface area contributed by atoms with E-state index in [1.54, 1.807) is 13.2 Å². The summed E-state index contributed by atoms with van der Waals surface area (Å²) in [5, 5.41) is 1.68. The van der Waals surface area contributed by atoms with Crippen molar-refractivity contribution in [2.24, 2.45) is 0 Å². The second-order valence-electron chi connectivity index (χ2n) is 7.34. The maximum atomic E-state index is 13.5. The number of halogens is 2. The number of aromatic nitrogens is 1. The molecule has 3 aromatic carbocycles. The zero-order valence-corrected chi connectivity index (χ0v) is 18.5. The van der Waals surface area contributed by atoms with Crippen LogP contribution in [0.15, 0.2) is 71.2 Å². The Morgan fingerprint density at radius 1 is 1.10 bits per heavy atom. The Hall–Kier alpha value is -2.76. The highest BCUT2D eigenvalue weighted by molar-refractivity contribution is 9.10. The summed E-state index contributed by atoms with van der Waals surface area (Å²) in [6.45, 7) is 0.511. The molecule has 0 saturated heterocycles. The number of carbonyl (C=O) groups is 1. The van der Waals surface area contributed by atoms with Crippen molar-refractivity contribution >= 4 is 44.3 Å². The summed E-state index contributed by atoms with van der Waals surface area (Å²) in [4.78, 5) is 18.8. The van der Waals surface area contributed by atoms with Crippen LogP contribution in [0.1, 0.15) is 33.2 Å². The molecule has 4 nitrogen and oxygen atoms in total. The quantitative estimate of drug-likeness (QED) is 0.370. The van der Waals surface area contributed by atoms with E-state index in [-0.39, 0.29) is 11.9 Å². The Balaban J connectivity index is 1.70. The van der Waals surface area contributed by atoms with E-state index < -0.39 is 0 Å². The first kappa shape index (κ1) is 19.2. The molecule has 1 N–H and O–H groups in total. The molecule has 0 fully saturated rings. The van der Waals surface area contributed by atoms with E-state index in [1.807, 2.05) is 53.4 Å². The van der Waals surface area contributed by atoms with Crippen LogP contribution >= 0.6 is 27.5 Å². The summed E-state index contributed by atoms with van der Waals surface area (Å²) >= 11 is 9.84. The highest BCUT2D eigenvalue weighted by atomic mass is 79.9. The van der Waals surface area contributed by atoms with Crippen molar-refractivity contribution < 1.29 is 9.53 Å². The third kappa shape index (κ3) is 3.18. The number of hydrogen-bond acceptors (Lipinski definition) is 2. The van der Waals surface area contributed by atoms with Crippen molar-refractivity contribution in [2.75, 3.05) is 7.11 Å². The molecule has 1 atom stereocenters. The van der Waals surface area contributed by atoms with Crippen LogP contribution in [0.5, 0.6) is 5.75 Å². The van der Waals surface area contributed by atoms with E-state index in [1.165, 1.54) is 0 Å². The van der Waals surface area contributed by atoms with Gasteiger partial charge in [0.15, 0.2) is 0 Å². The lowest BCUT2D eigenvalue weighted by molar-refractivity contribution is 0.0726. The second-order valence-corrected chi connectivity index (χ2v) is 8.69. The Morgan fingerprint density at radius 2 is 1.93 bits per heavy atom. The van der Waals surface area contributed by atoms with Crippen LogP contribution < -0.4 is 4.74 Å². The van der Waals surface area contributed by atoms with Gasteiger partial charge in [-0.15, -0.1) is 0 Å². The van der Waals surface area contributed by atoms with Crippen molar-refractivity contribution in [3.05, 3.63) is 98.6 Å². The lowest BCUT2D eigenvalue weighted by Gasteiger charge is -2.29. The third-order valence-electron chi connectivity index (χ3n) is 5.55. The molecule has 0 aliphatic carbocycles. The molecule has 1 aliphatic rings. The van der Waals surface area contributed by atoms with Gasteiger partial charge in [0.25, 0.3) is 5.91 Å². The number of nitrogens with zero attached hydrogens (tertiary/aromatic N) is 1. The number of ether oxygens (including phenoxy) is 1. The minimum absolute atomic E-state index is 0.0167. The summed E-state index contributed by atoms with van der Waals surface area (Å²) in [5.41, 5.74) is 4.50. The SMILES string of the molecule is COc1ccc(Cl)cc1C(c1cc2ccccc2[nH]1)N1Cc2ccc(Br)cc2C1=O. The number of nitrogens with one attached hydrogen (secondary N) is 1. The number of para-hydroxylation sites is 1. The molecule has 1 aromatic heterocycles. The standard InChI is InChI=1S/C24H18BrClN2O2/c1-30-22-9-8-17(26)12-19(22)23(21-10-14-4-2-3-5-20(14)27-21)28-13-15-6-7-16(25)11-18(15)24(28)29/h2-12,23,27H,13H2,1H3. The van der Waals surface area contributed by atoms with Crippen molar-refractivity contribution in [1.29, 1.82) is 0 Å². The van der Waals surface area contributed by atoms with Crippen molar-refractivity contribution in [3.63, 3.8) is 0 Å². The lowest BCUT2D eigenvalue weighted by Crippen LogP contribution is -2.30. The lowest BCUT2D eigenvalue weighted by atomic mass is 10.0. The molecule has 0 bridgehead atoms. The van der Waals surface area contributed by atoms with Crippen LogP contribution in [-0.4, -0.2) is 22.9 Å². The van der Waals surface area contributed by atoms with Crippen LogP contribution in [0.4, 0.5) is 0 Å². The number of rotatable bonds is 4. The molecule has 1 aliphatic heterocycles. The molecule has 5 rings (SSSR count). The molecule has 6 heteroatoms. The van der Waals surface area contributed by atoms with Crippen molar-refractivity contribution in [2.45, 2.75) is 12.6 Å². The summed E-state index contributed by atoms with van der Waals surface area (Å²) in [7, 11) is 1.63. The van der Waals surface area contributed by atoms with Gasteiger partial charge >= 0.3 is 0 Å². The summed E-state index contributed by atoms with van der Waals surface area (Å²) < 4.78 is 6.54. The number of benzene rings is 3. The van der Waals surface area contributed by atoms with E-state index >= 15 is 0 Å². The minimum atomic E-state index is -0.371. The third-order valence-corrected chi connectivity index (χ3v) is 6.28. The predicted molar refractivity (Wildman–Crippen MR) is 122 cm³/mol. The topological polar surface area (TPSA) is 45.3 Å². The molecule has 2 heterocycles. The Morgan fingerprint density at radius 3 is 2.73 bits per heavy atom. The van der Waals surface area contributed by atoms with E-state index in [4.69, 9.17) is 16.3 Å². The fraction of sp³-hybridized carbons (Fsp3) is 0.125. The number of fused-ring (bicyclic) bond motifs is 2. The molecule has 0 spiro atoms. The number of aromatic amines is 1. The van der Waals surface area contributed by atoms with Crippen LogP contribution in [0.25, 0.3) is 10.9 Å². The summed E-state index contributed by atoms with van der Waals surface area (Å²) in [6.07, 6.45) is 0. The first-order valence-corrected chi connectivity index (χ1v) is 10.7. The average molecular weight is 482 g/mol. The van der Waals surface area contributed by atoms with Gasteiger partial charge in [-0.25, -0.2) is 0 Å². The van der Waals surface area contributed by atoms with Gasteiger partial charge < -0.3 is 14.6 Å². The Kier molecular flexibility index (Phi) is 4.80. The molecule has 4 aromatic rings. The van der Waals surface area contributed by atoms with E-state index in [0.29, 0.717) is 22.9 Å². The van der Waals surface area contributed by atoms with E-state index in [2.05, 4.69) is 33.0 Å². The maximum absolute atomic E-state index is 13.5. The Labute approximate surface area is 187 Å². The number of methoxy groups -OCH3 is 1. The first-order valence-electron chi connectivity index (χ1n) is 9.55. The molecular formula is C24H18BrClN2O2. The smallest absolute Gasteiger partial charge is 0.255 e. The second kappa shape index (κ2) is 7.49. The molecule has 0 saturated carbocycles. The number of amides is 1. The normalized spacial score (nSPS) is 14.2. The van der Waals surface area contributed by atoms with Gasteiger partial charge in [-0.2, -0.15) is 0 Å². The molecule has 1 amide bonds. The molecule has 0 radical (unpaired) electrons. The Bertz CT molecular complexity index is 1250. The first-order chi connectivity index (χ1) is 14.5. The van der Waals surface area contributed by atoms with Gasteiger partial charge in [-0.1, -0.05) is 51.8 Å². The van der Waals surface area contributed by atoms with E-state index in [0.717, 1.165) is 32.2 Å². The summed E-state index contributed by atoms with van der Waals surface area (Å²) in [5.74, 6) is 0.671. The predicted octanol–water partition coefficient (Wildman–Crippen LogP) is 6.34. The van der Waals surface area contributed by atoms with Crippen LogP contribution in [-0.2, 0) is 6.54 Å². The highest BCUT2D eigenvalue weighted by Gasteiger charge is 2.36. The van der Waals surface area contributed by atoms with E-state index in [9.17, 15) is 4.79 Å². The highest BCUT2D eigenvalue weighted by Crippen LogP contribution is 2.41. The van der Waals surface area contributed by atoms with Gasteiger partial charge in [0, 0.05) is 38.4 Å².